The average Bonchev–Trinajstić information content (AvgIpc) is 2.27. The molecule has 0 aromatic heterocycles. The van der Waals surface area contributed by atoms with Crippen LogP contribution in [0.15, 0.2) is 0 Å². The van der Waals surface area contributed by atoms with Crippen molar-refractivity contribution in [2.75, 3.05) is 19.7 Å². The van der Waals surface area contributed by atoms with E-state index in [-0.39, 0.29) is 25.0 Å². The Bertz CT molecular complexity index is 304. The van der Waals surface area contributed by atoms with Gasteiger partial charge < -0.3 is 20.5 Å². The Balaban J connectivity index is 2.28. The number of rotatable bonds is 5. The van der Waals surface area contributed by atoms with Gasteiger partial charge in [-0.25, -0.2) is 0 Å². The SMILES string of the molecule is CC(C)(N)C(=O)N1CCC(OCCC(=O)O)CC1. The molecule has 0 saturated carbocycles. The zero-order valence-corrected chi connectivity index (χ0v) is 11.0. The predicted octanol–water partition coefficient (Wildman–Crippen LogP) is 0.206. The first-order chi connectivity index (χ1) is 8.30. The summed E-state index contributed by atoms with van der Waals surface area (Å²) in [6, 6.07) is 0. The van der Waals surface area contributed by atoms with Crippen LogP contribution in [0.5, 0.6) is 0 Å². The fourth-order valence-electron chi connectivity index (χ4n) is 1.95. The molecule has 1 aliphatic rings. The van der Waals surface area contributed by atoms with Crippen molar-refractivity contribution in [3.8, 4) is 0 Å². The molecule has 3 N–H and O–H groups in total. The molecule has 0 aromatic rings. The van der Waals surface area contributed by atoms with Gasteiger partial charge in [0.25, 0.3) is 0 Å². The van der Waals surface area contributed by atoms with E-state index in [1.54, 1.807) is 18.7 Å². The Labute approximate surface area is 107 Å². The third-order valence-corrected chi connectivity index (χ3v) is 2.95. The van der Waals surface area contributed by atoms with Gasteiger partial charge in [-0.15, -0.1) is 0 Å². The number of hydrogen-bond donors (Lipinski definition) is 2. The topological polar surface area (TPSA) is 92.9 Å². The van der Waals surface area contributed by atoms with E-state index in [9.17, 15) is 9.59 Å². The van der Waals surface area contributed by atoms with Gasteiger partial charge in [0.05, 0.1) is 24.7 Å². The average molecular weight is 258 g/mol. The summed E-state index contributed by atoms with van der Waals surface area (Å²) in [6.07, 6.45) is 1.55. The number of nitrogens with two attached hydrogens (primary N) is 1. The molecule has 1 rings (SSSR count). The number of carboxylic acids is 1. The zero-order chi connectivity index (χ0) is 13.8. The highest BCUT2D eigenvalue weighted by atomic mass is 16.5. The number of ether oxygens (including phenoxy) is 1. The van der Waals surface area contributed by atoms with E-state index in [1.807, 2.05) is 0 Å². The third kappa shape index (κ3) is 4.62. The van der Waals surface area contributed by atoms with Crippen LogP contribution in [0.2, 0.25) is 0 Å². The smallest absolute Gasteiger partial charge is 0.305 e. The Morgan fingerprint density at radius 2 is 1.94 bits per heavy atom. The number of carbonyl (C=O) groups excluding carboxylic acids is 1. The van der Waals surface area contributed by atoms with E-state index in [2.05, 4.69) is 0 Å². The Hall–Kier alpha value is -1.14. The summed E-state index contributed by atoms with van der Waals surface area (Å²) in [5, 5.41) is 8.50. The van der Waals surface area contributed by atoms with Crippen LogP contribution in [0, 0.1) is 0 Å². The van der Waals surface area contributed by atoms with Crippen molar-refractivity contribution < 1.29 is 19.4 Å². The maximum absolute atomic E-state index is 11.9. The summed E-state index contributed by atoms with van der Waals surface area (Å²) in [5.74, 6) is -0.904. The molecule has 0 unspecified atom stereocenters. The molecule has 18 heavy (non-hydrogen) atoms. The molecule has 0 aromatic carbocycles. The molecule has 1 aliphatic heterocycles. The molecule has 1 fully saturated rings. The van der Waals surface area contributed by atoms with Crippen molar-refractivity contribution in [1.29, 1.82) is 0 Å². The predicted molar refractivity (Wildman–Crippen MR) is 66.1 cm³/mol. The summed E-state index contributed by atoms with van der Waals surface area (Å²) in [5.41, 5.74) is 4.93. The van der Waals surface area contributed by atoms with Gasteiger partial charge in [-0.3, -0.25) is 9.59 Å². The summed E-state index contributed by atoms with van der Waals surface area (Å²) >= 11 is 0. The molecule has 1 heterocycles. The molecule has 0 aliphatic carbocycles. The van der Waals surface area contributed by atoms with E-state index >= 15 is 0 Å². The molecule has 1 saturated heterocycles. The standard InChI is InChI=1S/C12H22N2O4/c1-12(2,13)11(17)14-6-3-9(4-7-14)18-8-5-10(15)16/h9H,3-8,13H2,1-2H3,(H,15,16). The van der Waals surface area contributed by atoms with Gasteiger partial charge in [-0.2, -0.15) is 0 Å². The lowest BCUT2D eigenvalue weighted by Gasteiger charge is -2.35. The lowest BCUT2D eigenvalue weighted by Crippen LogP contribution is -2.53. The highest BCUT2D eigenvalue weighted by Gasteiger charge is 2.30. The van der Waals surface area contributed by atoms with Gasteiger partial charge in [-0.05, 0) is 26.7 Å². The largest absolute Gasteiger partial charge is 0.481 e. The highest BCUT2D eigenvalue weighted by molar-refractivity contribution is 5.85. The number of likely N-dealkylation sites (tertiary alicyclic amines) is 1. The van der Waals surface area contributed by atoms with Gasteiger partial charge in [0.15, 0.2) is 0 Å². The fourth-order valence-corrected chi connectivity index (χ4v) is 1.95. The molecular formula is C12H22N2O4. The van der Waals surface area contributed by atoms with E-state index < -0.39 is 11.5 Å². The minimum atomic E-state index is -0.854. The number of aliphatic carboxylic acids is 1. The number of nitrogens with zero attached hydrogens (tertiary/aromatic N) is 1. The lowest BCUT2D eigenvalue weighted by molar-refractivity contribution is -0.139. The Kier molecular flexibility index (Phi) is 5.10. The normalized spacial score (nSPS) is 17.8. The second-order valence-electron chi connectivity index (χ2n) is 5.23. The van der Waals surface area contributed by atoms with Crippen LogP contribution in [0.4, 0.5) is 0 Å². The van der Waals surface area contributed by atoms with Crippen LogP contribution in [0.25, 0.3) is 0 Å². The molecule has 0 bridgehead atoms. The van der Waals surface area contributed by atoms with E-state index in [1.165, 1.54) is 0 Å². The number of carboxylic acid groups (broad SMARTS) is 1. The summed E-state index contributed by atoms with van der Waals surface area (Å²) in [7, 11) is 0. The van der Waals surface area contributed by atoms with E-state index in [0.29, 0.717) is 13.1 Å². The Morgan fingerprint density at radius 3 is 2.39 bits per heavy atom. The molecule has 6 heteroatoms. The Morgan fingerprint density at radius 1 is 1.39 bits per heavy atom. The molecule has 1 amide bonds. The first-order valence-corrected chi connectivity index (χ1v) is 6.22. The van der Waals surface area contributed by atoms with Gasteiger partial charge in [-0.1, -0.05) is 0 Å². The molecule has 104 valence electrons. The van der Waals surface area contributed by atoms with Crippen molar-refractivity contribution in [3.63, 3.8) is 0 Å². The molecule has 0 radical (unpaired) electrons. The number of piperidine rings is 1. The van der Waals surface area contributed by atoms with Gasteiger partial charge in [0.2, 0.25) is 5.91 Å². The van der Waals surface area contributed by atoms with Crippen LogP contribution >= 0.6 is 0 Å². The first-order valence-electron chi connectivity index (χ1n) is 6.22. The highest BCUT2D eigenvalue weighted by Crippen LogP contribution is 2.16. The van der Waals surface area contributed by atoms with E-state index in [0.717, 1.165) is 12.8 Å². The third-order valence-electron chi connectivity index (χ3n) is 2.95. The quantitative estimate of drug-likeness (QED) is 0.735. The van der Waals surface area contributed by atoms with Gasteiger partial charge in [0, 0.05) is 13.1 Å². The lowest BCUT2D eigenvalue weighted by atomic mass is 10.0. The zero-order valence-electron chi connectivity index (χ0n) is 11.0. The van der Waals surface area contributed by atoms with Crippen LogP contribution < -0.4 is 5.73 Å². The second-order valence-corrected chi connectivity index (χ2v) is 5.23. The number of hydrogen-bond acceptors (Lipinski definition) is 4. The van der Waals surface area contributed by atoms with E-state index in [4.69, 9.17) is 15.6 Å². The molecule has 0 spiro atoms. The summed E-state index contributed by atoms with van der Waals surface area (Å²) < 4.78 is 5.46. The molecule has 0 atom stereocenters. The van der Waals surface area contributed by atoms with Crippen molar-refractivity contribution in [2.45, 2.75) is 44.8 Å². The van der Waals surface area contributed by atoms with Crippen molar-refractivity contribution in [3.05, 3.63) is 0 Å². The summed E-state index contributed by atoms with van der Waals surface area (Å²) in [4.78, 5) is 24.0. The maximum Gasteiger partial charge on any atom is 0.305 e. The van der Waals surface area contributed by atoms with Gasteiger partial charge in [0.1, 0.15) is 0 Å². The molecule has 6 nitrogen and oxygen atoms in total. The monoisotopic (exact) mass is 258 g/mol. The van der Waals surface area contributed by atoms with Crippen LogP contribution in [-0.2, 0) is 14.3 Å². The number of amides is 1. The van der Waals surface area contributed by atoms with Crippen molar-refractivity contribution in [1.82, 2.24) is 4.90 Å². The number of carbonyl (C=O) groups is 2. The van der Waals surface area contributed by atoms with Crippen LogP contribution in [0.1, 0.15) is 33.1 Å². The molecular weight excluding hydrogens is 236 g/mol. The first kappa shape index (κ1) is 14.9. The fraction of sp³-hybridized carbons (Fsp3) is 0.833. The van der Waals surface area contributed by atoms with Crippen LogP contribution in [-0.4, -0.2) is 53.2 Å². The van der Waals surface area contributed by atoms with Crippen LogP contribution in [0.3, 0.4) is 0 Å². The minimum Gasteiger partial charge on any atom is -0.481 e. The summed E-state index contributed by atoms with van der Waals surface area (Å²) in [6.45, 7) is 4.88. The maximum atomic E-state index is 11.9. The minimum absolute atomic E-state index is 0.0228. The second kappa shape index (κ2) is 6.15. The van der Waals surface area contributed by atoms with Crippen molar-refractivity contribution in [2.24, 2.45) is 5.73 Å². The van der Waals surface area contributed by atoms with Crippen molar-refractivity contribution >= 4 is 11.9 Å². The van der Waals surface area contributed by atoms with Gasteiger partial charge >= 0.3 is 5.97 Å².